The van der Waals surface area contributed by atoms with E-state index >= 15 is 0 Å². The second-order valence-corrected chi connectivity index (χ2v) is 7.24. The average Bonchev–Trinajstić information content (AvgIpc) is 3.30. The lowest BCUT2D eigenvalue weighted by atomic mass is 9.95. The topological polar surface area (TPSA) is 29.6 Å². The first-order valence-corrected chi connectivity index (χ1v) is 9.32. The third-order valence-corrected chi connectivity index (χ3v) is 5.68. The Labute approximate surface area is 144 Å². The molecule has 124 valence electrons. The number of rotatable bonds is 4. The second-order valence-electron chi connectivity index (χ2n) is 6.41. The van der Waals surface area contributed by atoms with Crippen LogP contribution in [0.3, 0.4) is 0 Å². The maximum absolute atomic E-state index is 13.2. The number of hydrogen-bond donors (Lipinski definition) is 0. The summed E-state index contributed by atoms with van der Waals surface area (Å²) in [5, 5.41) is 6.81. The van der Waals surface area contributed by atoms with Crippen molar-refractivity contribution in [3.63, 3.8) is 0 Å². The summed E-state index contributed by atoms with van der Waals surface area (Å²) in [6, 6.07) is 6.55. The summed E-state index contributed by atoms with van der Waals surface area (Å²) >= 11 is 1.57. The van der Waals surface area contributed by atoms with E-state index in [0.717, 1.165) is 28.5 Å². The average molecular weight is 341 g/mol. The minimum absolute atomic E-state index is 0.226. The zero-order valence-electron chi connectivity index (χ0n) is 13.6. The Balaban J connectivity index is 1.70. The van der Waals surface area contributed by atoms with Crippen LogP contribution in [0.15, 0.2) is 51.9 Å². The van der Waals surface area contributed by atoms with E-state index in [4.69, 9.17) is 5.10 Å². The number of allylic oxidation sites excluding steroid dienone is 2. The van der Waals surface area contributed by atoms with Crippen molar-refractivity contribution < 1.29 is 4.39 Å². The molecule has 0 radical (unpaired) electrons. The number of thiazole rings is 1. The van der Waals surface area contributed by atoms with E-state index in [2.05, 4.69) is 23.4 Å². The highest BCUT2D eigenvalue weighted by atomic mass is 32.1. The highest BCUT2D eigenvalue weighted by Crippen LogP contribution is 2.42. The van der Waals surface area contributed by atoms with E-state index in [1.165, 1.54) is 25.0 Å². The van der Waals surface area contributed by atoms with Crippen molar-refractivity contribution in [2.45, 2.75) is 19.8 Å². The normalized spacial score (nSPS) is 26.1. The van der Waals surface area contributed by atoms with Gasteiger partial charge in [-0.1, -0.05) is 12.2 Å². The Hall–Kier alpha value is -2.01. The van der Waals surface area contributed by atoms with Crippen molar-refractivity contribution in [3.8, 4) is 11.3 Å². The Bertz CT molecular complexity index is 844. The fourth-order valence-electron chi connectivity index (χ4n) is 3.62. The molecule has 0 saturated heterocycles. The molecule has 1 fully saturated rings. The summed E-state index contributed by atoms with van der Waals surface area (Å²) in [5.74, 6) is 1.66. The Morgan fingerprint density at radius 3 is 2.75 bits per heavy atom. The van der Waals surface area contributed by atoms with Crippen molar-refractivity contribution >= 4 is 17.6 Å². The van der Waals surface area contributed by atoms with Gasteiger partial charge in [0, 0.05) is 29.6 Å². The molecule has 0 N–H and O–H groups in total. The SMILES string of the molecule is CCN=c1scc(-c2ccc(F)cc2)n1N=CC1CC2C=CC1C2. The molecular weight excluding hydrogens is 321 g/mol. The van der Waals surface area contributed by atoms with Crippen LogP contribution in [0, 0.1) is 23.6 Å². The standard InChI is InChI=1S/C19H20FN3S/c1-2-21-19-23(22-11-16-10-13-3-4-15(16)9-13)18(12-24-19)14-5-7-17(20)8-6-14/h3-8,11-13,15-16H,2,9-10H2,1H3. The van der Waals surface area contributed by atoms with Crippen LogP contribution in [0.5, 0.6) is 0 Å². The van der Waals surface area contributed by atoms with Crippen LogP contribution in [-0.2, 0) is 0 Å². The quantitative estimate of drug-likeness (QED) is 0.585. The summed E-state index contributed by atoms with van der Waals surface area (Å²) < 4.78 is 15.1. The first-order valence-electron chi connectivity index (χ1n) is 8.44. The molecule has 2 bridgehead atoms. The van der Waals surface area contributed by atoms with Crippen LogP contribution in [0.25, 0.3) is 11.3 Å². The number of benzene rings is 1. The molecule has 2 aliphatic carbocycles. The molecule has 1 heterocycles. The van der Waals surface area contributed by atoms with Gasteiger partial charge in [0.25, 0.3) is 0 Å². The van der Waals surface area contributed by atoms with Gasteiger partial charge in [0.1, 0.15) is 5.82 Å². The minimum atomic E-state index is -0.226. The minimum Gasteiger partial charge on any atom is -0.258 e. The summed E-state index contributed by atoms with van der Waals surface area (Å²) in [4.78, 5) is 5.42. The molecule has 1 saturated carbocycles. The lowest BCUT2D eigenvalue weighted by Gasteiger charge is -2.12. The fourth-order valence-corrected chi connectivity index (χ4v) is 4.52. The van der Waals surface area contributed by atoms with Gasteiger partial charge in [-0.25, -0.2) is 9.07 Å². The molecular formula is C19H20FN3S. The van der Waals surface area contributed by atoms with Gasteiger partial charge in [0.05, 0.1) is 5.69 Å². The Morgan fingerprint density at radius 2 is 2.08 bits per heavy atom. The lowest BCUT2D eigenvalue weighted by molar-refractivity contribution is 0.589. The lowest BCUT2D eigenvalue weighted by Crippen LogP contribution is -2.15. The van der Waals surface area contributed by atoms with Crippen LogP contribution >= 0.6 is 11.3 Å². The highest BCUT2D eigenvalue weighted by Gasteiger charge is 2.34. The summed E-state index contributed by atoms with van der Waals surface area (Å²) in [6.45, 7) is 2.74. The molecule has 5 heteroatoms. The van der Waals surface area contributed by atoms with Crippen LogP contribution in [0.4, 0.5) is 4.39 Å². The number of aromatic nitrogens is 1. The van der Waals surface area contributed by atoms with Crippen LogP contribution in [0.1, 0.15) is 19.8 Å². The molecule has 1 aromatic heterocycles. The largest absolute Gasteiger partial charge is 0.258 e. The first kappa shape index (κ1) is 15.5. The van der Waals surface area contributed by atoms with Crippen molar-refractivity contribution in [3.05, 3.63) is 52.4 Å². The van der Waals surface area contributed by atoms with Crippen molar-refractivity contribution in [2.75, 3.05) is 6.54 Å². The van der Waals surface area contributed by atoms with Crippen molar-refractivity contribution in [1.29, 1.82) is 0 Å². The molecule has 3 unspecified atom stereocenters. The van der Waals surface area contributed by atoms with E-state index in [1.54, 1.807) is 23.5 Å². The number of fused-ring (bicyclic) bond motifs is 2. The molecule has 2 aromatic rings. The molecule has 2 aliphatic rings. The van der Waals surface area contributed by atoms with E-state index in [1.807, 2.05) is 17.0 Å². The van der Waals surface area contributed by atoms with Crippen LogP contribution in [-0.4, -0.2) is 17.4 Å². The number of halogens is 1. The van der Waals surface area contributed by atoms with E-state index < -0.39 is 0 Å². The molecule has 4 rings (SSSR count). The van der Waals surface area contributed by atoms with Crippen LogP contribution in [0.2, 0.25) is 0 Å². The molecule has 0 spiro atoms. The molecule has 0 amide bonds. The maximum Gasteiger partial charge on any atom is 0.206 e. The van der Waals surface area contributed by atoms with Gasteiger partial charge in [0.15, 0.2) is 0 Å². The summed E-state index contributed by atoms with van der Waals surface area (Å²) in [7, 11) is 0. The Kier molecular flexibility index (Phi) is 4.19. The van der Waals surface area contributed by atoms with Gasteiger partial charge >= 0.3 is 0 Å². The summed E-state index contributed by atoms with van der Waals surface area (Å²) in [6.07, 6.45) is 9.22. The third-order valence-electron chi connectivity index (χ3n) is 4.82. The molecule has 24 heavy (non-hydrogen) atoms. The monoisotopic (exact) mass is 341 g/mol. The van der Waals surface area contributed by atoms with Gasteiger partial charge in [-0.3, -0.25) is 4.99 Å². The third kappa shape index (κ3) is 2.88. The number of nitrogens with zero attached hydrogens (tertiary/aromatic N) is 3. The van der Waals surface area contributed by atoms with Gasteiger partial charge in [-0.2, -0.15) is 5.10 Å². The fraction of sp³-hybridized carbons (Fsp3) is 0.368. The zero-order chi connectivity index (χ0) is 16.5. The second kappa shape index (κ2) is 6.48. The molecule has 1 aromatic carbocycles. The molecule has 0 aliphatic heterocycles. The zero-order valence-corrected chi connectivity index (χ0v) is 14.4. The molecule has 3 nitrogen and oxygen atoms in total. The van der Waals surface area contributed by atoms with Gasteiger partial charge in [0.2, 0.25) is 4.80 Å². The van der Waals surface area contributed by atoms with Gasteiger partial charge in [-0.15, -0.1) is 11.3 Å². The van der Waals surface area contributed by atoms with Crippen molar-refractivity contribution in [1.82, 2.24) is 4.68 Å². The van der Waals surface area contributed by atoms with E-state index in [-0.39, 0.29) is 5.82 Å². The maximum atomic E-state index is 13.2. The predicted octanol–water partition coefficient (Wildman–Crippen LogP) is 4.32. The van der Waals surface area contributed by atoms with Crippen molar-refractivity contribution in [2.24, 2.45) is 27.8 Å². The Morgan fingerprint density at radius 1 is 1.25 bits per heavy atom. The highest BCUT2D eigenvalue weighted by molar-refractivity contribution is 7.07. The van der Waals surface area contributed by atoms with E-state index in [0.29, 0.717) is 11.8 Å². The number of hydrogen-bond acceptors (Lipinski definition) is 3. The smallest absolute Gasteiger partial charge is 0.206 e. The molecule has 3 atom stereocenters. The van der Waals surface area contributed by atoms with Gasteiger partial charge < -0.3 is 0 Å². The van der Waals surface area contributed by atoms with E-state index in [9.17, 15) is 4.39 Å². The summed E-state index contributed by atoms with van der Waals surface area (Å²) in [5.41, 5.74) is 1.91. The van der Waals surface area contributed by atoms with Gasteiger partial charge in [-0.05, 0) is 55.9 Å². The predicted molar refractivity (Wildman–Crippen MR) is 96.5 cm³/mol. The first-order chi connectivity index (χ1) is 11.7. The van der Waals surface area contributed by atoms with Crippen LogP contribution < -0.4 is 4.80 Å².